The molecule has 1 aliphatic heterocycles. The van der Waals surface area contributed by atoms with E-state index in [2.05, 4.69) is 10.3 Å². The van der Waals surface area contributed by atoms with Crippen LogP contribution in [0.5, 0.6) is 5.75 Å². The van der Waals surface area contributed by atoms with Crippen LogP contribution >= 0.6 is 0 Å². The largest absolute Gasteiger partial charge is 0.467 e. The molecule has 4 rings (SSSR count). The molecule has 0 unspecified atom stereocenters. The molecule has 0 saturated heterocycles. The summed E-state index contributed by atoms with van der Waals surface area (Å²) in [4.78, 5) is 24.5. The topological polar surface area (TPSA) is 92.5 Å². The summed E-state index contributed by atoms with van der Waals surface area (Å²) in [5.74, 6) is -0.740. The van der Waals surface area contributed by atoms with E-state index >= 15 is 0 Å². The average Bonchev–Trinajstić information content (AvgIpc) is 2.68. The molecule has 0 aliphatic carbocycles. The molecule has 0 bridgehead atoms. The van der Waals surface area contributed by atoms with Crippen LogP contribution in [0.1, 0.15) is 11.1 Å². The molecule has 1 aliphatic rings. The number of carbonyl (C=O) groups is 1. The van der Waals surface area contributed by atoms with E-state index in [1.54, 1.807) is 24.3 Å². The third kappa shape index (κ3) is 3.49. The maximum atomic E-state index is 13.7. The Hall–Kier alpha value is -3.33. The number of fused-ring (bicyclic) bond motifs is 2. The van der Waals surface area contributed by atoms with Crippen molar-refractivity contribution in [2.45, 2.75) is 19.8 Å². The molecular weight excluding hydrogens is 357 g/mol. The van der Waals surface area contributed by atoms with E-state index in [-0.39, 0.29) is 20.0 Å². The number of rotatable bonds is 4. The van der Waals surface area contributed by atoms with Crippen LogP contribution in [0.3, 0.4) is 0 Å². The average molecular weight is 371 g/mol. The van der Waals surface area contributed by atoms with Crippen molar-refractivity contribution in [3.63, 3.8) is 0 Å². The molecule has 2 aromatic carbocycles. The van der Waals surface area contributed by atoms with Gasteiger partial charge in [-0.05, 0) is 24.3 Å². The highest BCUT2D eigenvalue weighted by Crippen LogP contribution is 2.29. The Bertz CT molecular complexity index is 1080. The molecule has 0 radical (unpaired) electrons. The van der Waals surface area contributed by atoms with Gasteiger partial charge in [0.1, 0.15) is 30.2 Å². The maximum Gasteiger partial charge on any atom is 0.328 e. The van der Waals surface area contributed by atoms with Crippen molar-refractivity contribution in [3.05, 3.63) is 63.7 Å². The highest BCUT2D eigenvalue weighted by atomic mass is 19.1. The SMILES string of the molecule is O=C(Cn1nnc2ccccc2c1=O)OCc1cc(F)cc2c1OCOC2. The number of aromatic nitrogens is 3. The van der Waals surface area contributed by atoms with E-state index in [9.17, 15) is 14.0 Å². The molecule has 0 N–H and O–H groups in total. The lowest BCUT2D eigenvalue weighted by Crippen LogP contribution is -2.28. The Labute approximate surface area is 152 Å². The quantitative estimate of drug-likeness (QED) is 0.642. The van der Waals surface area contributed by atoms with Crippen LogP contribution in [0, 0.1) is 5.82 Å². The molecule has 8 nitrogen and oxygen atoms in total. The molecule has 138 valence electrons. The third-order valence-corrected chi connectivity index (χ3v) is 4.05. The molecule has 9 heteroatoms. The standard InChI is InChI=1S/C18H14FN3O5/c19-13-5-11-8-25-10-27-17(11)12(6-13)9-26-16(23)7-22-18(24)14-3-1-2-4-15(14)20-21-22/h1-6H,7-10H2. The summed E-state index contributed by atoms with van der Waals surface area (Å²) in [5, 5.41) is 8.00. The normalized spacial score (nSPS) is 13.1. The summed E-state index contributed by atoms with van der Waals surface area (Å²) < 4.78 is 30.3. The molecule has 1 aromatic heterocycles. The van der Waals surface area contributed by atoms with Gasteiger partial charge in [-0.3, -0.25) is 9.59 Å². The first-order chi connectivity index (χ1) is 13.1. The molecule has 2 heterocycles. The van der Waals surface area contributed by atoms with Crippen LogP contribution in [0.25, 0.3) is 10.9 Å². The number of benzene rings is 2. The Morgan fingerprint density at radius 2 is 2.15 bits per heavy atom. The van der Waals surface area contributed by atoms with Gasteiger partial charge in [-0.25, -0.2) is 4.39 Å². The number of ether oxygens (including phenoxy) is 3. The Balaban J connectivity index is 1.49. The fourth-order valence-electron chi connectivity index (χ4n) is 2.82. The Kier molecular flexibility index (Phi) is 4.51. The zero-order valence-corrected chi connectivity index (χ0v) is 14.1. The van der Waals surface area contributed by atoms with Crippen molar-refractivity contribution in [1.82, 2.24) is 15.0 Å². The zero-order chi connectivity index (χ0) is 18.8. The number of esters is 1. The number of halogens is 1. The maximum absolute atomic E-state index is 13.7. The number of hydrogen-bond acceptors (Lipinski definition) is 7. The zero-order valence-electron chi connectivity index (χ0n) is 14.1. The number of carbonyl (C=O) groups excluding carboxylic acids is 1. The van der Waals surface area contributed by atoms with Gasteiger partial charge in [-0.15, -0.1) is 5.10 Å². The van der Waals surface area contributed by atoms with Gasteiger partial charge in [0.05, 0.1) is 12.0 Å². The molecule has 0 amide bonds. The highest BCUT2D eigenvalue weighted by Gasteiger charge is 2.18. The van der Waals surface area contributed by atoms with Crippen LogP contribution < -0.4 is 10.3 Å². The molecule has 0 atom stereocenters. The van der Waals surface area contributed by atoms with E-state index < -0.39 is 23.9 Å². The minimum Gasteiger partial charge on any atom is -0.467 e. The fourth-order valence-corrected chi connectivity index (χ4v) is 2.82. The van der Waals surface area contributed by atoms with E-state index in [1.165, 1.54) is 12.1 Å². The molecule has 3 aromatic rings. The van der Waals surface area contributed by atoms with Crippen LogP contribution in [0.2, 0.25) is 0 Å². The first-order valence-corrected chi connectivity index (χ1v) is 8.12. The lowest BCUT2D eigenvalue weighted by molar-refractivity contribution is -0.146. The monoisotopic (exact) mass is 371 g/mol. The fraction of sp³-hybridized carbons (Fsp3) is 0.222. The molecule has 0 saturated carbocycles. The second-order valence-corrected chi connectivity index (χ2v) is 5.89. The molecule has 0 fully saturated rings. The van der Waals surface area contributed by atoms with Gasteiger partial charge in [0.25, 0.3) is 5.56 Å². The summed E-state index contributed by atoms with van der Waals surface area (Å²) in [7, 11) is 0. The summed E-state index contributed by atoms with van der Waals surface area (Å²) in [5.41, 5.74) is 0.932. The molecule has 0 spiro atoms. The van der Waals surface area contributed by atoms with E-state index in [1.807, 2.05) is 0 Å². The number of hydrogen-bond donors (Lipinski definition) is 0. The second-order valence-electron chi connectivity index (χ2n) is 5.89. The van der Waals surface area contributed by atoms with E-state index in [4.69, 9.17) is 14.2 Å². The van der Waals surface area contributed by atoms with Gasteiger partial charge >= 0.3 is 5.97 Å². The lowest BCUT2D eigenvalue weighted by Gasteiger charge is -2.20. The summed E-state index contributed by atoms with van der Waals surface area (Å²) >= 11 is 0. The summed E-state index contributed by atoms with van der Waals surface area (Å²) in [6.45, 7) is -0.343. The van der Waals surface area contributed by atoms with Crippen molar-refractivity contribution in [2.75, 3.05) is 6.79 Å². The van der Waals surface area contributed by atoms with Gasteiger partial charge in [0.2, 0.25) is 0 Å². The van der Waals surface area contributed by atoms with Crippen LogP contribution in [0.15, 0.2) is 41.2 Å². The van der Waals surface area contributed by atoms with Crippen LogP contribution in [-0.4, -0.2) is 27.8 Å². The Morgan fingerprint density at radius 1 is 1.30 bits per heavy atom. The van der Waals surface area contributed by atoms with E-state index in [0.717, 1.165) is 4.68 Å². The minimum atomic E-state index is -0.702. The molecule has 27 heavy (non-hydrogen) atoms. The van der Waals surface area contributed by atoms with Crippen molar-refractivity contribution in [3.8, 4) is 5.75 Å². The summed E-state index contributed by atoms with van der Waals surface area (Å²) in [6.07, 6.45) is 0. The van der Waals surface area contributed by atoms with Gasteiger partial charge < -0.3 is 14.2 Å². The first kappa shape index (κ1) is 17.1. The van der Waals surface area contributed by atoms with Gasteiger partial charge in [-0.2, -0.15) is 4.68 Å². The predicted molar refractivity (Wildman–Crippen MR) is 90.3 cm³/mol. The van der Waals surface area contributed by atoms with Crippen molar-refractivity contribution in [2.24, 2.45) is 0 Å². The van der Waals surface area contributed by atoms with Crippen molar-refractivity contribution in [1.29, 1.82) is 0 Å². The van der Waals surface area contributed by atoms with Gasteiger partial charge in [-0.1, -0.05) is 17.3 Å². The highest BCUT2D eigenvalue weighted by molar-refractivity contribution is 5.77. The lowest BCUT2D eigenvalue weighted by atomic mass is 10.1. The van der Waals surface area contributed by atoms with Gasteiger partial charge in [0, 0.05) is 11.1 Å². The first-order valence-electron chi connectivity index (χ1n) is 8.12. The number of nitrogens with zero attached hydrogens (tertiary/aromatic N) is 3. The summed E-state index contributed by atoms with van der Waals surface area (Å²) in [6, 6.07) is 9.24. The Morgan fingerprint density at radius 3 is 3.04 bits per heavy atom. The van der Waals surface area contributed by atoms with Crippen molar-refractivity contribution < 1.29 is 23.4 Å². The minimum absolute atomic E-state index is 0.0433. The third-order valence-electron chi connectivity index (χ3n) is 4.05. The second kappa shape index (κ2) is 7.12. The van der Waals surface area contributed by atoms with Crippen molar-refractivity contribution >= 4 is 16.9 Å². The van der Waals surface area contributed by atoms with Crippen LogP contribution in [-0.2, 0) is 34.0 Å². The smallest absolute Gasteiger partial charge is 0.328 e. The van der Waals surface area contributed by atoms with E-state index in [0.29, 0.717) is 27.8 Å². The van der Waals surface area contributed by atoms with Crippen LogP contribution in [0.4, 0.5) is 4.39 Å². The molecular formula is C18H14FN3O5. The predicted octanol–water partition coefficient (Wildman–Crippen LogP) is 1.54. The van der Waals surface area contributed by atoms with Gasteiger partial charge in [0.15, 0.2) is 6.79 Å².